The topological polar surface area (TPSA) is 181 Å². The van der Waals surface area contributed by atoms with Gasteiger partial charge in [0.05, 0.1) is 18.4 Å². The fourth-order valence-electron chi connectivity index (χ4n) is 8.60. The fraction of sp³-hybridized carbons (Fsp3) is 0.718. The van der Waals surface area contributed by atoms with E-state index in [2.05, 4.69) is 21.4 Å². The van der Waals surface area contributed by atoms with Gasteiger partial charge in [-0.15, -0.1) is 0 Å². The summed E-state index contributed by atoms with van der Waals surface area (Å²) >= 11 is 0. The lowest BCUT2D eigenvalue weighted by Gasteiger charge is -2.35. The second kappa shape index (κ2) is 14.6. The summed E-state index contributed by atoms with van der Waals surface area (Å²) in [5.74, 6) is -2.75. The lowest BCUT2D eigenvalue weighted by molar-refractivity contribution is -0.143. The smallest absolute Gasteiger partial charge is 0.410 e. The number of fused-ring (bicyclic) bond motifs is 3. The molecule has 1 aromatic carbocycles. The lowest BCUT2D eigenvalue weighted by Crippen LogP contribution is -2.60. The van der Waals surface area contributed by atoms with Crippen LogP contribution in [0.1, 0.15) is 110 Å². The number of hydrogen-bond donors (Lipinski definition) is 3. The molecule has 1 aromatic rings. The number of aryl methyl sites for hydroxylation is 1. The average molecular weight is 772 g/mol. The molecule has 5 aliphatic rings. The molecule has 6 rings (SSSR count). The first-order valence-corrected chi connectivity index (χ1v) is 21.0. The van der Waals surface area contributed by atoms with Gasteiger partial charge in [-0.1, -0.05) is 79.5 Å². The van der Waals surface area contributed by atoms with Gasteiger partial charge >= 0.3 is 12.2 Å². The highest BCUT2D eigenvalue weighted by Gasteiger charge is 2.68. The number of ether oxygens (including phenoxy) is 2. The molecule has 0 spiro atoms. The Morgan fingerprint density at radius 1 is 1.06 bits per heavy atom. The summed E-state index contributed by atoms with van der Waals surface area (Å²) in [5, 5.41) is 5.00. The summed E-state index contributed by atoms with van der Waals surface area (Å²) in [5.41, 5.74) is 0.689. The van der Waals surface area contributed by atoms with Crippen LogP contribution in [0.15, 0.2) is 18.2 Å². The minimum absolute atomic E-state index is 0.0614. The van der Waals surface area contributed by atoms with Crippen molar-refractivity contribution in [1.29, 1.82) is 0 Å². The van der Waals surface area contributed by atoms with Gasteiger partial charge in [0.15, 0.2) is 0 Å². The van der Waals surface area contributed by atoms with Gasteiger partial charge in [0.2, 0.25) is 21.8 Å². The standard InChI is InChI=1S/C39H57N5O9S/c1-8-29-23(2)39(29,34(47)42-54(50,51)27-15-16-27)41-32(45)30-18-26-20-44(30)33(46)31(37(3,4)5)40-35(48)52-22-38(6,7)17-10-9-12-24-13-11-14-25-19-43(21-28(24)25)36(49)53-26/h11,13-14,23,26-27,29-31H,8-10,12,15-22H2,1-7H3,(H,40,48)(H,41,45)(H,42,47)/t23?,26-,29-,30+,31-,39-/m1/s1. The number of benzene rings is 1. The molecule has 1 saturated heterocycles. The first-order valence-electron chi connectivity index (χ1n) is 19.4. The molecule has 14 nitrogen and oxygen atoms in total. The minimum atomic E-state index is -3.90. The number of rotatable bonds is 6. The zero-order valence-corrected chi connectivity index (χ0v) is 33.5. The molecule has 54 heavy (non-hydrogen) atoms. The van der Waals surface area contributed by atoms with Crippen molar-refractivity contribution < 1.29 is 41.9 Å². The third-order valence-electron chi connectivity index (χ3n) is 12.1. The van der Waals surface area contributed by atoms with Crippen LogP contribution in [0.2, 0.25) is 0 Å². The van der Waals surface area contributed by atoms with Crippen molar-refractivity contribution in [1.82, 2.24) is 25.2 Å². The van der Waals surface area contributed by atoms with Gasteiger partial charge < -0.3 is 25.0 Å². The van der Waals surface area contributed by atoms with Crippen LogP contribution >= 0.6 is 0 Å². The molecule has 4 bridgehead atoms. The van der Waals surface area contributed by atoms with Crippen LogP contribution in [-0.2, 0) is 53.4 Å². The van der Waals surface area contributed by atoms with Crippen LogP contribution in [-0.4, -0.2) is 90.3 Å². The van der Waals surface area contributed by atoms with Gasteiger partial charge in [-0.3, -0.25) is 24.0 Å². The lowest BCUT2D eigenvalue weighted by atomic mass is 9.85. The van der Waals surface area contributed by atoms with Crippen molar-refractivity contribution in [2.75, 3.05) is 13.2 Å². The van der Waals surface area contributed by atoms with E-state index in [-0.39, 0.29) is 36.8 Å². The van der Waals surface area contributed by atoms with Crippen molar-refractivity contribution in [3.63, 3.8) is 0 Å². The fourth-order valence-corrected chi connectivity index (χ4v) is 9.95. The van der Waals surface area contributed by atoms with Gasteiger partial charge in [-0.05, 0) is 71.5 Å². The van der Waals surface area contributed by atoms with E-state index in [1.807, 2.05) is 32.9 Å². The summed E-state index contributed by atoms with van der Waals surface area (Å²) < 4.78 is 39.5. The zero-order valence-electron chi connectivity index (χ0n) is 32.7. The van der Waals surface area contributed by atoms with Crippen molar-refractivity contribution in [2.45, 2.75) is 142 Å². The molecule has 2 saturated carbocycles. The van der Waals surface area contributed by atoms with Crippen molar-refractivity contribution in [3.8, 4) is 0 Å². The van der Waals surface area contributed by atoms with Crippen LogP contribution in [0.25, 0.3) is 0 Å². The molecule has 5 amide bonds. The Bertz CT molecular complexity index is 1790. The van der Waals surface area contributed by atoms with Crippen LogP contribution < -0.4 is 15.4 Å². The second-order valence-corrected chi connectivity index (χ2v) is 19.8. The molecule has 3 fully saturated rings. The highest BCUT2D eigenvalue weighted by molar-refractivity contribution is 7.91. The highest BCUT2D eigenvalue weighted by atomic mass is 32.2. The number of sulfonamides is 1. The zero-order chi connectivity index (χ0) is 39.4. The molecular formula is C39H57N5O9S. The monoisotopic (exact) mass is 771 g/mol. The summed E-state index contributed by atoms with van der Waals surface area (Å²) in [6.45, 7) is 13.9. The number of hydrogen-bond acceptors (Lipinski definition) is 9. The van der Waals surface area contributed by atoms with Gasteiger partial charge in [0, 0.05) is 19.5 Å². The van der Waals surface area contributed by atoms with Gasteiger partial charge in [0.1, 0.15) is 23.7 Å². The predicted molar refractivity (Wildman–Crippen MR) is 199 cm³/mol. The molecule has 3 aliphatic heterocycles. The van der Waals surface area contributed by atoms with Crippen molar-refractivity contribution in [2.24, 2.45) is 22.7 Å². The SMILES string of the molecule is CC[C@@H]1C(C)[C@]1(NC(=O)[C@@H]1C[C@@H]2CN1C(=O)[C@H](C(C)(C)C)NC(=O)OCC(C)(C)CCCCc1cccc3c1CN(C3)C(=O)O2)C(=O)NS(=O)(=O)C1CC1. The average Bonchev–Trinajstić information content (AvgIpc) is 3.93. The van der Waals surface area contributed by atoms with Crippen LogP contribution in [0.5, 0.6) is 0 Å². The number of carbonyl (C=O) groups excluding carboxylic acids is 5. The summed E-state index contributed by atoms with van der Waals surface area (Å²) in [6, 6.07) is 3.79. The Kier molecular flexibility index (Phi) is 10.8. The van der Waals surface area contributed by atoms with Crippen molar-refractivity contribution >= 4 is 39.9 Å². The maximum absolute atomic E-state index is 14.6. The van der Waals surface area contributed by atoms with Crippen LogP contribution in [0.3, 0.4) is 0 Å². The maximum Gasteiger partial charge on any atom is 0.410 e. The van der Waals surface area contributed by atoms with E-state index in [9.17, 15) is 32.4 Å². The molecule has 2 aliphatic carbocycles. The first kappa shape index (κ1) is 39.8. The Morgan fingerprint density at radius 2 is 1.76 bits per heavy atom. The molecule has 298 valence electrons. The molecule has 1 unspecified atom stereocenters. The van der Waals surface area contributed by atoms with E-state index in [4.69, 9.17) is 9.47 Å². The van der Waals surface area contributed by atoms with E-state index < -0.39 is 74.3 Å². The van der Waals surface area contributed by atoms with Crippen LogP contribution in [0, 0.1) is 22.7 Å². The molecule has 15 heteroatoms. The molecule has 3 N–H and O–H groups in total. The van der Waals surface area contributed by atoms with E-state index in [0.717, 1.165) is 36.8 Å². The number of cyclic esters (lactones) is 1. The molecular weight excluding hydrogens is 715 g/mol. The van der Waals surface area contributed by atoms with E-state index in [0.29, 0.717) is 32.4 Å². The third-order valence-corrected chi connectivity index (χ3v) is 13.9. The van der Waals surface area contributed by atoms with Crippen LogP contribution in [0.4, 0.5) is 9.59 Å². The number of alkyl carbamates (subject to hydrolysis) is 1. The molecule has 0 aromatic heterocycles. The van der Waals surface area contributed by atoms with Gasteiger partial charge in [-0.25, -0.2) is 18.0 Å². The summed E-state index contributed by atoms with van der Waals surface area (Å²) in [7, 11) is -3.90. The first-order chi connectivity index (χ1) is 25.3. The van der Waals surface area contributed by atoms with E-state index in [1.54, 1.807) is 32.6 Å². The number of carbonyl (C=O) groups is 5. The molecule has 6 atom stereocenters. The Balaban J connectivity index is 1.29. The molecule has 3 heterocycles. The predicted octanol–water partition coefficient (Wildman–Crippen LogP) is 4.14. The second-order valence-electron chi connectivity index (χ2n) is 17.9. The van der Waals surface area contributed by atoms with Crippen molar-refractivity contribution in [3.05, 3.63) is 34.9 Å². The Labute approximate surface area is 318 Å². The minimum Gasteiger partial charge on any atom is -0.449 e. The number of nitrogens with zero attached hydrogens (tertiary/aromatic N) is 2. The molecule has 0 radical (unpaired) electrons. The maximum atomic E-state index is 14.6. The third kappa shape index (κ3) is 8.06. The highest BCUT2D eigenvalue weighted by Crippen LogP contribution is 2.53. The normalized spacial score (nSPS) is 30.5. The van der Waals surface area contributed by atoms with Gasteiger partial charge in [0.25, 0.3) is 5.91 Å². The quantitative estimate of drug-likeness (QED) is 0.383. The number of nitrogens with one attached hydrogen (secondary N) is 3. The Hall–Kier alpha value is -3.88. The number of amides is 5. The van der Waals surface area contributed by atoms with E-state index in [1.165, 1.54) is 10.5 Å². The summed E-state index contributed by atoms with van der Waals surface area (Å²) in [4.78, 5) is 72.6. The summed E-state index contributed by atoms with van der Waals surface area (Å²) in [6.07, 6.45) is 2.66. The van der Waals surface area contributed by atoms with E-state index >= 15 is 0 Å². The van der Waals surface area contributed by atoms with Gasteiger partial charge in [-0.2, -0.15) is 0 Å². The largest absolute Gasteiger partial charge is 0.449 e. The Morgan fingerprint density at radius 3 is 2.41 bits per heavy atom.